The zero-order chi connectivity index (χ0) is 19.9. The van der Waals surface area contributed by atoms with Crippen molar-refractivity contribution in [2.45, 2.75) is 0 Å². The van der Waals surface area contributed by atoms with E-state index >= 15 is 0 Å². The van der Waals surface area contributed by atoms with Crippen molar-refractivity contribution in [2.75, 3.05) is 20.8 Å². The first kappa shape index (κ1) is 19.4. The molecule has 6 nitrogen and oxygen atoms in total. The Morgan fingerprint density at radius 1 is 1.14 bits per heavy atom. The molecule has 0 aliphatic rings. The maximum absolute atomic E-state index is 9.98. The first-order chi connectivity index (χ1) is 13.7. The maximum atomic E-state index is 9.98. The second-order valence-corrected chi connectivity index (χ2v) is 6.56. The maximum Gasteiger partial charge on any atom is 0.206 e. The van der Waals surface area contributed by atoms with Gasteiger partial charge in [-0.1, -0.05) is 18.2 Å². The number of para-hydroxylation sites is 1. The molecule has 0 spiro atoms. The third-order valence-corrected chi connectivity index (χ3v) is 4.80. The molecule has 0 fully saturated rings. The zero-order valence-electron chi connectivity index (χ0n) is 15.7. The fourth-order valence-electron chi connectivity index (χ4n) is 2.62. The van der Waals surface area contributed by atoms with Crippen molar-refractivity contribution >= 4 is 17.6 Å². The molecule has 1 aromatic heterocycles. The van der Waals surface area contributed by atoms with Gasteiger partial charge >= 0.3 is 0 Å². The molecule has 28 heavy (non-hydrogen) atoms. The van der Waals surface area contributed by atoms with Crippen LogP contribution in [0.3, 0.4) is 0 Å². The van der Waals surface area contributed by atoms with E-state index in [2.05, 4.69) is 16.7 Å². The van der Waals surface area contributed by atoms with E-state index in [9.17, 15) is 5.11 Å². The summed E-state index contributed by atoms with van der Waals surface area (Å²) >= 11 is 1.48. The monoisotopic (exact) mass is 395 g/mol. The second kappa shape index (κ2) is 9.05. The molecule has 1 heterocycles. The molecule has 0 amide bonds. The summed E-state index contributed by atoms with van der Waals surface area (Å²) in [5, 5.41) is 16.6. The molecule has 1 N–H and O–H groups in total. The van der Waals surface area contributed by atoms with Gasteiger partial charge < -0.3 is 14.6 Å². The first-order valence-corrected chi connectivity index (χ1v) is 9.42. The summed E-state index contributed by atoms with van der Waals surface area (Å²) in [6.07, 6.45) is 3.40. The number of methoxy groups -OCH3 is 2. The van der Waals surface area contributed by atoms with Crippen molar-refractivity contribution in [3.05, 3.63) is 70.9 Å². The van der Waals surface area contributed by atoms with E-state index < -0.39 is 0 Å². The lowest BCUT2D eigenvalue weighted by atomic mass is 10.1. The SMILES string of the molecule is C=CCN=c1scc(-c2ccccc2OC)n1N=Cc1ccc(OC)c(O)c1. The molecule has 7 heteroatoms. The Bertz CT molecular complexity index is 1070. The highest BCUT2D eigenvalue weighted by Crippen LogP contribution is 2.30. The Balaban J connectivity index is 2.09. The van der Waals surface area contributed by atoms with Gasteiger partial charge in [0.2, 0.25) is 4.80 Å². The topological polar surface area (TPSA) is 68.3 Å². The molecule has 0 bridgehead atoms. The Labute approximate surface area is 167 Å². The van der Waals surface area contributed by atoms with Crippen LogP contribution in [0.5, 0.6) is 17.2 Å². The molecule has 0 aliphatic carbocycles. The van der Waals surface area contributed by atoms with Crippen molar-refractivity contribution in [1.82, 2.24) is 4.68 Å². The van der Waals surface area contributed by atoms with Crippen molar-refractivity contribution in [1.29, 1.82) is 0 Å². The van der Waals surface area contributed by atoms with Gasteiger partial charge in [-0.2, -0.15) is 5.10 Å². The fraction of sp³-hybridized carbons (Fsp3) is 0.143. The van der Waals surface area contributed by atoms with Gasteiger partial charge in [-0.3, -0.25) is 4.99 Å². The molecule has 3 rings (SSSR count). The van der Waals surface area contributed by atoms with Crippen LogP contribution in [-0.4, -0.2) is 36.8 Å². The molecular weight excluding hydrogens is 374 g/mol. The number of thiazole rings is 1. The lowest BCUT2D eigenvalue weighted by Gasteiger charge is -2.08. The van der Waals surface area contributed by atoms with Crippen LogP contribution in [0.2, 0.25) is 0 Å². The summed E-state index contributed by atoms with van der Waals surface area (Å²) in [6.45, 7) is 4.21. The smallest absolute Gasteiger partial charge is 0.206 e. The highest BCUT2D eigenvalue weighted by Gasteiger charge is 2.12. The highest BCUT2D eigenvalue weighted by atomic mass is 32.1. The number of hydrogen-bond acceptors (Lipinski definition) is 6. The van der Waals surface area contributed by atoms with Crippen LogP contribution in [0, 0.1) is 0 Å². The number of phenolic OH excluding ortho intramolecular Hbond substituents is 1. The molecule has 0 saturated heterocycles. The number of benzene rings is 2. The summed E-state index contributed by atoms with van der Waals surface area (Å²) in [6, 6.07) is 12.9. The summed E-state index contributed by atoms with van der Waals surface area (Å²) in [5.41, 5.74) is 2.51. The molecule has 0 aliphatic heterocycles. The van der Waals surface area contributed by atoms with Gasteiger partial charge in [0.1, 0.15) is 5.75 Å². The number of ether oxygens (including phenoxy) is 2. The average molecular weight is 395 g/mol. The minimum Gasteiger partial charge on any atom is -0.504 e. The average Bonchev–Trinajstić information content (AvgIpc) is 3.13. The Kier molecular flexibility index (Phi) is 6.29. The van der Waals surface area contributed by atoms with Crippen LogP contribution in [-0.2, 0) is 0 Å². The minimum atomic E-state index is 0.0586. The molecule has 3 aromatic rings. The minimum absolute atomic E-state index is 0.0586. The number of hydrogen-bond donors (Lipinski definition) is 1. The van der Waals surface area contributed by atoms with Crippen LogP contribution >= 0.6 is 11.3 Å². The summed E-state index contributed by atoms with van der Waals surface area (Å²) < 4.78 is 12.3. The predicted octanol–water partition coefficient (Wildman–Crippen LogP) is 3.91. The van der Waals surface area contributed by atoms with E-state index in [4.69, 9.17) is 9.47 Å². The quantitative estimate of drug-likeness (QED) is 0.487. The van der Waals surface area contributed by atoms with Gasteiger partial charge in [-0.05, 0) is 35.9 Å². The number of nitrogens with zero attached hydrogens (tertiary/aromatic N) is 3. The van der Waals surface area contributed by atoms with Crippen molar-refractivity contribution < 1.29 is 14.6 Å². The third-order valence-electron chi connectivity index (χ3n) is 3.95. The van der Waals surface area contributed by atoms with Gasteiger partial charge in [-0.25, -0.2) is 4.68 Å². The zero-order valence-corrected chi connectivity index (χ0v) is 16.5. The summed E-state index contributed by atoms with van der Waals surface area (Å²) in [7, 11) is 3.15. The van der Waals surface area contributed by atoms with E-state index in [0.29, 0.717) is 12.3 Å². The number of phenols is 1. The summed E-state index contributed by atoms with van der Waals surface area (Å²) in [4.78, 5) is 5.25. The summed E-state index contributed by atoms with van der Waals surface area (Å²) in [5.74, 6) is 1.22. The number of rotatable bonds is 7. The predicted molar refractivity (Wildman–Crippen MR) is 113 cm³/mol. The molecule has 2 aromatic carbocycles. The number of aromatic nitrogens is 1. The molecule has 0 atom stereocenters. The van der Waals surface area contributed by atoms with Crippen molar-refractivity contribution in [3.8, 4) is 28.5 Å². The van der Waals surface area contributed by atoms with Gasteiger partial charge in [0, 0.05) is 10.9 Å². The van der Waals surface area contributed by atoms with Crippen LogP contribution in [0.25, 0.3) is 11.3 Å². The normalized spacial score (nSPS) is 11.7. The van der Waals surface area contributed by atoms with Crippen LogP contribution < -0.4 is 14.3 Å². The van der Waals surface area contributed by atoms with E-state index in [1.54, 1.807) is 36.2 Å². The Hall–Kier alpha value is -3.32. The molecule has 144 valence electrons. The largest absolute Gasteiger partial charge is 0.504 e. The van der Waals surface area contributed by atoms with Gasteiger partial charge in [0.05, 0.1) is 32.7 Å². The van der Waals surface area contributed by atoms with E-state index in [-0.39, 0.29) is 5.75 Å². The lowest BCUT2D eigenvalue weighted by Crippen LogP contribution is -2.12. The van der Waals surface area contributed by atoms with Gasteiger partial charge in [0.25, 0.3) is 0 Å². The van der Waals surface area contributed by atoms with Crippen molar-refractivity contribution in [3.63, 3.8) is 0 Å². The Morgan fingerprint density at radius 3 is 2.64 bits per heavy atom. The second-order valence-electron chi connectivity index (χ2n) is 5.72. The number of aromatic hydroxyl groups is 1. The van der Waals surface area contributed by atoms with Crippen molar-refractivity contribution in [2.24, 2.45) is 10.1 Å². The molecule has 0 radical (unpaired) electrons. The first-order valence-electron chi connectivity index (χ1n) is 8.54. The van der Waals surface area contributed by atoms with Crippen LogP contribution in [0.1, 0.15) is 5.56 Å². The van der Waals surface area contributed by atoms with Gasteiger partial charge in [0.15, 0.2) is 11.5 Å². The fourth-order valence-corrected chi connectivity index (χ4v) is 3.45. The van der Waals surface area contributed by atoms with E-state index in [0.717, 1.165) is 27.4 Å². The lowest BCUT2D eigenvalue weighted by molar-refractivity contribution is 0.373. The van der Waals surface area contributed by atoms with E-state index in [1.807, 2.05) is 35.7 Å². The highest BCUT2D eigenvalue weighted by molar-refractivity contribution is 7.07. The Morgan fingerprint density at radius 2 is 1.93 bits per heavy atom. The third kappa shape index (κ3) is 4.15. The van der Waals surface area contributed by atoms with Gasteiger partial charge in [-0.15, -0.1) is 17.9 Å². The van der Waals surface area contributed by atoms with Crippen LogP contribution in [0.15, 0.2) is 70.6 Å². The molecule has 0 unspecified atom stereocenters. The molecular formula is C21H21N3O3S. The standard InChI is InChI=1S/C21H21N3O3S/c1-4-11-22-21-24(23-13-15-9-10-20(27-3)18(25)12-15)17(14-28-21)16-7-5-6-8-19(16)26-2/h4-10,12-14,25H,1,11H2,2-3H3. The van der Waals surface area contributed by atoms with Crippen LogP contribution in [0.4, 0.5) is 0 Å². The van der Waals surface area contributed by atoms with E-state index in [1.165, 1.54) is 18.4 Å². The molecule has 0 saturated carbocycles.